The van der Waals surface area contributed by atoms with Crippen LogP contribution in [0.2, 0.25) is 0 Å². The predicted molar refractivity (Wildman–Crippen MR) is 200 cm³/mol. The molecule has 4 atom stereocenters. The van der Waals surface area contributed by atoms with Crippen molar-refractivity contribution >= 4 is 41.7 Å². The highest BCUT2D eigenvalue weighted by molar-refractivity contribution is 5.89. The van der Waals surface area contributed by atoms with Gasteiger partial charge in [-0.3, -0.25) is 19.2 Å². The molecule has 0 saturated carbocycles. The first-order valence-electron chi connectivity index (χ1n) is 18.5. The standard InChI is InChI=1S/C39H55N5O10/c1-27(25-28-15-7-5-8-16-28)35(48)42-32(26-29-17-9-6-10-18-29)36(49)41-24-13-4-2-3-11-20-33(45)40-23-14-12-19-30(37(50)51)43-39(54)44-31(38(52)53)21-22-34(46)47/h5-10,15-18,27,30-32H,2-4,11-14,19-26H2,1H3,(H,40,45)(H,41,49)(H,42,48)(H,46,47)(H,50,51)(H,52,53)(H2,43,44,54). The van der Waals surface area contributed by atoms with Crippen LogP contribution < -0.4 is 26.6 Å². The molecule has 0 saturated heterocycles. The molecular weight excluding hydrogens is 698 g/mol. The Morgan fingerprint density at radius 3 is 1.65 bits per heavy atom. The summed E-state index contributed by atoms with van der Waals surface area (Å²) in [6, 6.07) is 14.8. The first-order valence-corrected chi connectivity index (χ1v) is 18.5. The summed E-state index contributed by atoms with van der Waals surface area (Å²) in [5.74, 6) is -4.80. The number of carbonyl (C=O) groups excluding carboxylic acids is 4. The highest BCUT2D eigenvalue weighted by Crippen LogP contribution is 2.11. The van der Waals surface area contributed by atoms with Crippen LogP contribution in [0.1, 0.15) is 88.7 Å². The summed E-state index contributed by atoms with van der Waals surface area (Å²) in [5, 5.41) is 40.3. The largest absolute Gasteiger partial charge is 0.481 e. The molecule has 0 spiro atoms. The minimum absolute atomic E-state index is 0.0439. The molecule has 8 N–H and O–H groups in total. The zero-order valence-electron chi connectivity index (χ0n) is 30.9. The third-order valence-corrected chi connectivity index (χ3v) is 8.72. The minimum Gasteiger partial charge on any atom is -0.481 e. The van der Waals surface area contributed by atoms with Crippen molar-refractivity contribution < 1.29 is 48.9 Å². The van der Waals surface area contributed by atoms with E-state index >= 15 is 0 Å². The zero-order valence-corrected chi connectivity index (χ0v) is 30.9. The predicted octanol–water partition coefficient (Wildman–Crippen LogP) is 3.41. The SMILES string of the molecule is CC(Cc1ccccc1)C(=O)NC(Cc1ccccc1)C(=O)NCCCCCCCC(=O)NCCCCC(NC(=O)NC(CCC(=O)O)C(=O)O)C(=O)O. The molecule has 0 fully saturated rings. The number of hydrogen-bond acceptors (Lipinski definition) is 7. The lowest BCUT2D eigenvalue weighted by Crippen LogP contribution is -2.51. The summed E-state index contributed by atoms with van der Waals surface area (Å²) in [4.78, 5) is 84.0. The molecule has 0 aliphatic rings. The molecule has 5 amide bonds. The average molecular weight is 754 g/mol. The Morgan fingerprint density at radius 2 is 1.06 bits per heavy atom. The Bertz CT molecular complexity index is 1490. The van der Waals surface area contributed by atoms with Crippen molar-refractivity contribution in [2.24, 2.45) is 5.92 Å². The summed E-state index contributed by atoms with van der Waals surface area (Å²) in [6.07, 6.45) is 5.35. The van der Waals surface area contributed by atoms with Crippen LogP contribution in [0.3, 0.4) is 0 Å². The maximum absolute atomic E-state index is 13.2. The molecule has 2 aromatic carbocycles. The number of benzene rings is 2. The van der Waals surface area contributed by atoms with Gasteiger partial charge in [0.1, 0.15) is 18.1 Å². The van der Waals surface area contributed by atoms with Crippen molar-refractivity contribution in [3.05, 3.63) is 71.8 Å². The van der Waals surface area contributed by atoms with Gasteiger partial charge in [-0.15, -0.1) is 0 Å². The van der Waals surface area contributed by atoms with Crippen molar-refractivity contribution in [1.29, 1.82) is 0 Å². The molecular formula is C39H55N5O10. The summed E-state index contributed by atoms with van der Waals surface area (Å²) in [7, 11) is 0. The molecule has 0 aromatic heterocycles. The second-order valence-corrected chi connectivity index (χ2v) is 13.3. The lowest BCUT2D eigenvalue weighted by Gasteiger charge is -2.21. The van der Waals surface area contributed by atoms with E-state index in [0.29, 0.717) is 51.6 Å². The first-order chi connectivity index (χ1) is 25.8. The molecule has 0 bridgehead atoms. The van der Waals surface area contributed by atoms with Crippen LogP contribution in [0.15, 0.2) is 60.7 Å². The van der Waals surface area contributed by atoms with Crippen LogP contribution in [0.25, 0.3) is 0 Å². The van der Waals surface area contributed by atoms with E-state index in [9.17, 15) is 38.7 Å². The van der Waals surface area contributed by atoms with Crippen LogP contribution >= 0.6 is 0 Å². The minimum atomic E-state index is -1.48. The third kappa shape index (κ3) is 19.4. The number of rotatable bonds is 27. The molecule has 2 aromatic rings. The Labute approximate surface area is 316 Å². The fourth-order valence-electron chi connectivity index (χ4n) is 5.64. The smallest absolute Gasteiger partial charge is 0.326 e. The molecule has 0 aliphatic heterocycles. The van der Waals surface area contributed by atoms with Crippen LogP contribution in [0, 0.1) is 5.92 Å². The molecule has 15 heteroatoms. The Morgan fingerprint density at radius 1 is 0.537 bits per heavy atom. The fraction of sp³-hybridized carbons (Fsp3) is 0.513. The van der Waals surface area contributed by atoms with Crippen molar-refractivity contribution in [3.63, 3.8) is 0 Å². The normalized spacial score (nSPS) is 13.0. The van der Waals surface area contributed by atoms with Gasteiger partial charge in [0, 0.05) is 38.3 Å². The molecule has 2 rings (SSSR count). The Hall–Kier alpha value is -5.47. The van der Waals surface area contributed by atoms with E-state index in [4.69, 9.17) is 10.2 Å². The van der Waals surface area contributed by atoms with E-state index in [1.807, 2.05) is 67.6 Å². The quantitative estimate of drug-likeness (QED) is 0.0619. The zero-order chi connectivity index (χ0) is 39.7. The monoisotopic (exact) mass is 753 g/mol. The summed E-state index contributed by atoms with van der Waals surface area (Å²) >= 11 is 0. The highest BCUT2D eigenvalue weighted by Gasteiger charge is 2.26. The topological polar surface area (TPSA) is 240 Å². The van der Waals surface area contributed by atoms with Gasteiger partial charge >= 0.3 is 23.9 Å². The van der Waals surface area contributed by atoms with Gasteiger partial charge in [0.2, 0.25) is 17.7 Å². The van der Waals surface area contributed by atoms with Crippen molar-refractivity contribution in [3.8, 4) is 0 Å². The van der Waals surface area contributed by atoms with Crippen molar-refractivity contribution in [2.75, 3.05) is 13.1 Å². The lowest BCUT2D eigenvalue weighted by atomic mass is 9.99. The number of aliphatic carboxylic acids is 3. The number of urea groups is 1. The molecule has 4 unspecified atom stereocenters. The second-order valence-electron chi connectivity index (χ2n) is 13.3. The van der Waals surface area contributed by atoms with E-state index in [0.717, 1.165) is 36.8 Å². The number of unbranched alkanes of at least 4 members (excludes halogenated alkanes) is 5. The Balaban J connectivity index is 1.61. The number of hydrogen-bond donors (Lipinski definition) is 8. The number of carboxylic acid groups (broad SMARTS) is 3. The van der Waals surface area contributed by atoms with Gasteiger partial charge in [-0.05, 0) is 56.1 Å². The number of nitrogens with one attached hydrogen (secondary N) is 5. The first kappa shape index (κ1) is 44.7. The van der Waals surface area contributed by atoms with Crippen LogP contribution in [-0.4, -0.2) is 88.2 Å². The molecule has 0 aliphatic carbocycles. The van der Waals surface area contributed by atoms with Gasteiger partial charge < -0.3 is 41.9 Å². The molecule has 0 heterocycles. The maximum Gasteiger partial charge on any atom is 0.326 e. The van der Waals surface area contributed by atoms with E-state index in [1.165, 1.54) is 0 Å². The second kappa shape index (κ2) is 25.5. The summed E-state index contributed by atoms with van der Waals surface area (Å²) in [6.45, 7) is 2.65. The maximum atomic E-state index is 13.2. The van der Waals surface area contributed by atoms with Gasteiger partial charge in [0.15, 0.2) is 0 Å². The van der Waals surface area contributed by atoms with Gasteiger partial charge in [-0.2, -0.15) is 0 Å². The van der Waals surface area contributed by atoms with Gasteiger partial charge in [-0.1, -0.05) is 86.8 Å². The summed E-state index contributed by atoms with van der Waals surface area (Å²) in [5.41, 5.74) is 2.00. The van der Waals surface area contributed by atoms with E-state index in [2.05, 4.69) is 26.6 Å². The molecule has 15 nitrogen and oxygen atoms in total. The third-order valence-electron chi connectivity index (χ3n) is 8.72. The van der Waals surface area contributed by atoms with Crippen LogP contribution in [-0.2, 0) is 41.6 Å². The number of carboxylic acids is 3. The van der Waals surface area contributed by atoms with Gasteiger partial charge in [0.25, 0.3) is 0 Å². The summed E-state index contributed by atoms with van der Waals surface area (Å²) < 4.78 is 0. The van der Waals surface area contributed by atoms with E-state index in [1.54, 1.807) is 0 Å². The molecule has 296 valence electrons. The van der Waals surface area contributed by atoms with Gasteiger partial charge in [-0.25, -0.2) is 14.4 Å². The highest BCUT2D eigenvalue weighted by atomic mass is 16.4. The number of amides is 5. The van der Waals surface area contributed by atoms with Crippen LogP contribution in [0.4, 0.5) is 4.79 Å². The Kier molecular flexibility index (Phi) is 21.1. The lowest BCUT2D eigenvalue weighted by molar-refractivity contribution is -0.141. The van der Waals surface area contributed by atoms with Crippen molar-refractivity contribution in [2.45, 2.75) is 109 Å². The van der Waals surface area contributed by atoms with E-state index in [-0.39, 0.29) is 36.5 Å². The van der Waals surface area contributed by atoms with E-state index < -0.39 is 48.5 Å². The van der Waals surface area contributed by atoms with Gasteiger partial charge in [0.05, 0.1) is 0 Å². The average Bonchev–Trinajstić information content (AvgIpc) is 3.13. The molecule has 54 heavy (non-hydrogen) atoms. The van der Waals surface area contributed by atoms with Crippen LogP contribution in [0.5, 0.6) is 0 Å². The molecule has 0 radical (unpaired) electrons. The number of carbonyl (C=O) groups is 7. The fourth-order valence-corrected chi connectivity index (χ4v) is 5.64. The van der Waals surface area contributed by atoms with Crippen molar-refractivity contribution in [1.82, 2.24) is 26.6 Å².